The Labute approximate surface area is 179 Å². The van der Waals surface area contributed by atoms with Crippen LogP contribution >= 0.6 is 11.6 Å². The highest BCUT2D eigenvalue weighted by Gasteiger charge is 2.30. The first-order valence-corrected chi connectivity index (χ1v) is 11.3. The molecule has 6 nitrogen and oxygen atoms in total. The lowest BCUT2D eigenvalue weighted by molar-refractivity contribution is -0.139. The Bertz CT molecular complexity index is 666. The van der Waals surface area contributed by atoms with Crippen molar-refractivity contribution < 1.29 is 4.79 Å². The van der Waals surface area contributed by atoms with Crippen LogP contribution < -0.4 is 10.6 Å². The first kappa shape index (κ1) is 21.9. The van der Waals surface area contributed by atoms with Crippen molar-refractivity contribution in [2.45, 2.75) is 32.6 Å². The molecule has 1 saturated heterocycles. The van der Waals surface area contributed by atoms with Crippen LogP contribution in [-0.4, -0.2) is 74.0 Å². The van der Waals surface area contributed by atoms with Gasteiger partial charge in [-0.15, -0.1) is 0 Å². The van der Waals surface area contributed by atoms with E-state index in [4.69, 9.17) is 16.6 Å². The van der Waals surface area contributed by atoms with Gasteiger partial charge in [0, 0.05) is 56.8 Å². The molecule has 0 radical (unpaired) electrons. The highest BCUT2D eigenvalue weighted by atomic mass is 35.5. The summed E-state index contributed by atoms with van der Waals surface area (Å²) in [5.41, 5.74) is 1.26. The molecular formula is C22H34ClN5O. The number of benzene rings is 1. The number of carbonyl (C=O) groups excluding carboxylic acids is 1. The second kappa shape index (κ2) is 11.4. The Morgan fingerprint density at radius 1 is 1.14 bits per heavy atom. The topological polar surface area (TPSA) is 60.0 Å². The molecule has 0 aromatic heterocycles. The lowest BCUT2D eigenvalue weighted by atomic mass is 9.84. The molecule has 0 unspecified atom stereocenters. The number of hydrogen-bond acceptors (Lipinski definition) is 3. The molecule has 0 bridgehead atoms. The van der Waals surface area contributed by atoms with Gasteiger partial charge in [-0.25, -0.2) is 0 Å². The molecule has 1 aliphatic carbocycles. The highest BCUT2D eigenvalue weighted by molar-refractivity contribution is 6.30. The van der Waals surface area contributed by atoms with E-state index in [9.17, 15) is 4.79 Å². The van der Waals surface area contributed by atoms with Crippen molar-refractivity contribution in [2.24, 2.45) is 10.9 Å². The number of halogens is 1. The van der Waals surface area contributed by atoms with Gasteiger partial charge in [-0.1, -0.05) is 30.2 Å². The minimum Gasteiger partial charge on any atom is -0.357 e. The first-order chi connectivity index (χ1) is 14.2. The Morgan fingerprint density at radius 2 is 1.86 bits per heavy atom. The third kappa shape index (κ3) is 6.89. The molecule has 1 saturated carbocycles. The predicted octanol–water partition coefficient (Wildman–Crippen LogP) is 2.38. The molecule has 1 aromatic carbocycles. The number of rotatable bonds is 8. The van der Waals surface area contributed by atoms with Crippen molar-refractivity contribution in [3.8, 4) is 0 Å². The fourth-order valence-electron chi connectivity index (χ4n) is 3.73. The average Bonchev–Trinajstić information content (AvgIpc) is 2.68. The predicted molar refractivity (Wildman–Crippen MR) is 119 cm³/mol. The Kier molecular flexibility index (Phi) is 8.62. The van der Waals surface area contributed by atoms with Crippen LogP contribution in [0.4, 0.5) is 0 Å². The standard InChI is InChI=1S/C22H34ClN5O/c1-2-24-22(25-11-10-18-6-8-20(23)9-7-18)26-12-13-27-14-16-28(17-15-27)21(29)19-4-3-5-19/h6-9,19H,2-5,10-17H2,1H3,(H2,24,25,26). The lowest BCUT2D eigenvalue weighted by Gasteiger charge is -2.38. The normalized spacial score (nSPS) is 18.4. The van der Waals surface area contributed by atoms with Crippen molar-refractivity contribution in [1.29, 1.82) is 0 Å². The smallest absolute Gasteiger partial charge is 0.225 e. The van der Waals surface area contributed by atoms with Crippen LogP contribution in [0.1, 0.15) is 31.7 Å². The summed E-state index contributed by atoms with van der Waals surface area (Å²) in [4.78, 5) is 21.5. The molecule has 2 aliphatic rings. The molecule has 1 heterocycles. The van der Waals surface area contributed by atoms with Crippen LogP contribution in [0.15, 0.2) is 29.3 Å². The molecule has 2 N–H and O–H groups in total. The molecule has 1 amide bonds. The van der Waals surface area contributed by atoms with Crippen LogP contribution in [0.5, 0.6) is 0 Å². The maximum Gasteiger partial charge on any atom is 0.225 e. The fraction of sp³-hybridized carbons (Fsp3) is 0.636. The maximum atomic E-state index is 12.3. The molecular weight excluding hydrogens is 386 g/mol. The van der Waals surface area contributed by atoms with Crippen LogP contribution in [0.25, 0.3) is 0 Å². The summed E-state index contributed by atoms with van der Waals surface area (Å²) < 4.78 is 0. The molecule has 0 atom stereocenters. The summed E-state index contributed by atoms with van der Waals surface area (Å²) in [6, 6.07) is 7.97. The van der Waals surface area contributed by atoms with Crippen LogP contribution in [0.2, 0.25) is 5.02 Å². The second-order valence-corrected chi connectivity index (χ2v) is 8.30. The minimum absolute atomic E-state index is 0.313. The van der Waals surface area contributed by atoms with Gasteiger partial charge in [-0.2, -0.15) is 0 Å². The van der Waals surface area contributed by atoms with E-state index in [0.717, 1.165) is 82.6 Å². The summed E-state index contributed by atoms with van der Waals surface area (Å²) >= 11 is 5.94. The van der Waals surface area contributed by atoms with Crippen molar-refractivity contribution in [1.82, 2.24) is 20.4 Å². The van der Waals surface area contributed by atoms with Gasteiger partial charge in [-0.05, 0) is 43.9 Å². The van der Waals surface area contributed by atoms with Gasteiger partial charge < -0.3 is 15.5 Å². The number of carbonyl (C=O) groups is 1. The minimum atomic E-state index is 0.313. The number of piperazine rings is 1. The average molecular weight is 420 g/mol. The molecule has 2 fully saturated rings. The molecule has 3 rings (SSSR count). The van der Waals surface area contributed by atoms with E-state index >= 15 is 0 Å². The van der Waals surface area contributed by atoms with Gasteiger partial charge in [0.15, 0.2) is 5.96 Å². The summed E-state index contributed by atoms with van der Waals surface area (Å²) in [6.07, 6.45) is 4.33. The van der Waals surface area contributed by atoms with E-state index in [1.165, 1.54) is 12.0 Å². The zero-order valence-electron chi connectivity index (χ0n) is 17.5. The number of nitrogens with zero attached hydrogens (tertiary/aromatic N) is 3. The largest absolute Gasteiger partial charge is 0.357 e. The maximum absolute atomic E-state index is 12.3. The summed E-state index contributed by atoms with van der Waals surface area (Å²) in [6.45, 7) is 9.06. The van der Waals surface area contributed by atoms with Crippen LogP contribution in [0, 0.1) is 5.92 Å². The quantitative estimate of drug-likeness (QED) is 0.501. The van der Waals surface area contributed by atoms with E-state index in [-0.39, 0.29) is 0 Å². The monoisotopic (exact) mass is 419 g/mol. The molecule has 1 aliphatic heterocycles. The second-order valence-electron chi connectivity index (χ2n) is 7.86. The first-order valence-electron chi connectivity index (χ1n) is 10.9. The zero-order valence-corrected chi connectivity index (χ0v) is 18.3. The van der Waals surface area contributed by atoms with Gasteiger partial charge in [0.2, 0.25) is 5.91 Å². The van der Waals surface area contributed by atoms with Crippen molar-refractivity contribution in [2.75, 3.05) is 52.4 Å². The Morgan fingerprint density at radius 3 is 2.48 bits per heavy atom. The van der Waals surface area contributed by atoms with Crippen molar-refractivity contribution in [3.05, 3.63) is 34.9 Å². The van der Waals surface area contributed by atoms with Crippen LogP contribution in [-0.2, 0) is 11.2 Å². The summed E-state index contributed by atoms with van der Waals surface area (Å²) in [5.74, 6) is 1.56. The third-order valence-electron chi connectivity index (χ3n) is 5.79. The lowest BCUT2D eigenvalue weighted by Crippen LogP contribution is -2.51. The number of nitrogens with one attached hydrogen (secondary N) is 2. The van der Waals surface area contributed by atoms with E-state index < -0.39 is 0 Å². The summed E-state index contributed by atoms with van der Waals surface area (Å²) in [7, 11) is 0. The number of guanidine groups is 1. The fourth-order valence-corrected chi connectivity index (χ4v) is 3.85. The van der Waals surface area contributed by atoms with Gasteiger partial charge in [0.25, 0.3) is 0 Å². The zero-order chi connectivity index (χ0) is 20.5. The van der Waals surface area contributed by atoms with Crippen LogP contribution in [0.3, 0.4) is 0 Å². The SMILES string of the molecule is CCNC(=NCCN1CCN(C(=O)C2CCC2)CC1)NCCc1ccc(Cl)cc1. The van der Waals surface area contributed by atoms with Gasteiger partial charge in [0.1, 0.15) is 0 Å². The van der Waals surface area contributed by atoms with Gasteiger partial charge in [0.05, 0.1) is 6.54 Å². The highest BCUT2D eigenvalue weighted by Crippen LogP contribution is 2.28. The van der Waals surface area contributed by atoms with E-state index in [2.05, 4.69) is 39.5 Å². The Hall–Kier alpha value is -1.79. The van der Waals surface area contributed by atoms with E-state index in [0.29, 0.717) is 11.8 Å². The van der Waals surface area contributed by atoms with Gasteiger partial charge >= 0.3 is 0 Å². The Balaban J connectivity index is 1.35. The van der Waals surface area contributed by atoms with E-state index in [1.807, 2.05) is 12.1 Å². The molecule has 7 heteroatoms. The third-order valence-corrected chi connectivity index (χ3v) is 6.04. The molecule has 1 aromatic rings. The van der Waals surface area contributed by atoms with Crippen molar-refractivity contribution >= 4 is 23.5 Å². The number of hydrogen-bond donors (Lipinski definition) is 2. The molecule has 0 spiro atoms. The number of amides is 1. The van der Waals surface area contributed by atoms with Crippen molar-refractivity contribution in [3.63, 3.8) is 0 Å². The summed E-state index contributed by atoms with van der Waals surface area (Å²) in [5, 5.41) is 7.48. The number of aliphatic imine (C=N–C) groups is 1. The molecule has 29 heavy (non-hydrogen) atoms. The van der Waals surface area contributed by atoms with E-state index in [1.54, 1.807) is 0 Å². The van der Waals surface area contributed by atoms with Gasteiger partial charge in [-0.3, -0.25) is 14.7 Å². The molecule has 160 valence electrons.